The van der Waals surface area contributed by atoms with Gasteiger partial charge in [0.1, 0.15) is 5.75 Å². The molecular formula is C13H19NO3. The highest BCUT2D eigenvalue weighted by molar-refractivity contribution is 5.66. The van der Waals surface area contributed by atoms with E-state index in [1.807, 2.05) is 31.2 Å². The number of amides is 1. The predicted molar refractivity (Wildman–Crippen MR) is 66.4 cm³/mol. The highest BCUT2D eigenvalue weighted by Crippen LogP contribution is 2.12. The van der Waals surface area contributed by atoms with Gasteiger partial charge in [-0.05, 0) is 31.0 Å². The van der Waals surface area contributed by atoms with Gasteiger partial charge < -0.3 is 14.4 Å². The molecule has 94 valence electrons. The number of hydrogen-bond donors (Lipinski definition) is 0. The largest absolute Gasteiger partial charge is 0.494 e. The number of methoxy groups -OCH3 is 1. The standard InChI is InChI=1S/C13H19NO3/c1-4-17-12-7-5-11(6-8-12)9-10-14(2)13(15)16-3/h5-8H,4,9-10H2,1-3H3. The summed E-state index contributed by atoms with van der Waals surface area (Å²) >= 11 is 0. The first kappa shape index (κ1) is 13.4. The zero-order valence-corrected chi connectivity index (χ0v) is 10.6. The van der Waals surface area contributed by atoms with Crippen LogP contribution in [-0.4, -0.2) is 38.3 Å². The summed E-state index contributed by atoms with van der Waals surface area (Å²) in [6.45, 7) is 3.27. The lowest BCUT2D eigenvalue weighted by molar-refractivity contribution is 0.134. The van der Waals surface area contributed by atoms with Crippen molar-refractivity contribution >= 4 is 6.09 Å². The Kier molecular flexibility index (Phi) is 5.33. The van der Waals surface area contributed by atoms with Crippen molar-refractivity contribution in [2.24, 2.45) is 0 Å². The first-order chi connectivity index (χ1) is 8.17. The molecule has 0 N–H and O–H groups in total. The molecule has 0 fully saturated rings. The third-order valence-electron chi connectivity index (χ3n) is 2.46. The SMILES string of the molecule is CCOc1ccc(CCN(C)C(=O)OC)cc1. The molecule has 4 heteroatoms. The number of benzene rings is 1. The van der Waals surface area contributed by atoms with Crippen molar-refractivity contribution in [2.75, 3.05) is 27.3 Å². The quantitative estimate of drug-likeness (QED) is 0.789. The van der Waals surface area contributed by atoms with Crippen molar-refractivity contribution < 1.29 is 14.3 Å². The van der Waals surface area contributed by atoms with Gasteiger partial charge in [-0.1, -0.05) is 12.1 Å². The molecule has 0 aliphatic carbocycles. The molecule has 0 aliphatic heterocycles. The average Bonchev–Trinajstić information content (AvgIpc) is 2.37. The molecule has 1 aromatic carbocycles. The number of carbonyl (C=O) groups excluding carboxylic acids is 1. The molecule has 0 saturated carbocycles. The lowest BCUT2D eigenvalue weighted by atomic mass is 10.1. The maximum atomic E-state index is 11.2. The van der Waals surface area contributed by atoms with E-state index in [0.717, 1.165) is 12.2 Å². The molecule has 4 nitrogen and oxygen atoms in total. The third kappa shape index (κ3) is 4.34. The molecule has 0 bridgehead atoms. The second-order valence-electron chi connectivity index (χ2n) is 3.72. The van der Waals surface area contributed by atoms with E-state index in [4.69, 9.17) is 4.74 Å². The summed E-state index contributed by atoms with van der Waals surface area (Å²) in [6.07, 6.45) is 0.494. The smallest absolute Gasteiger partial charge is 0.409 e. The Hall–Kier alpha value is -1.71. The minimum absolute atomic E-state index is 0.309. The summed E-state index contributed by atoms with van der Waals surface area (Å²) in [5.74, 6) is 0.873. The Bertz CT molecular complexity index is 348. The van der Waals surface area contributed by atoms with Gasteiger partial charge in [0.05, 0.1) is 13.7 Å². The van der Waals surface area contributed by atoms with Gasteiger partial charge in [-0.2, -0.15) is 0 Å². The van der Waals surface area contributed by atoms with Crippen LogP contribution in [0.3, 0.4) is 0 Å². The molecule has 0 spiro atoms. The second kappa shape index (κ2) is 6.78. The highest BCUT2D eigenvalue weighted by atomic mass is 16.5. The fourth-order valence-corrected chi connectivity index (χ4v) is 1.46. The molecule has 0 aliphatic rings. The van der Waals surface area contributed by atoms with Gasteiger partial charge >= 0.3 is 6.09 Å². The number of likely N-dealkylation sites (N-methyl/N-ethyl adjacent to an activating group) is 1. The minimum atomic E-state index is -0.309. The van der Waals surface area contributed by atoms with E-state index in [1.165, 1.54) is 12.7 Å². The van der Waals surface area contributed by atoms with Crippen molar-refractivity contribution in [3.05, 3.63) is 29.8 Å². The Morgan fingerprint density at radius 1 is 1.29 bits per heavy atom. The number of carbonyl (C=O) groups is 1. The summed E-state index contributed by atoms with van der Waals surface area (Å²) in [4.78, 5) is 12.7. The summed E-state index contributed by atoms with van der Waals surface area (Å²) < 4.78 is 9.98. The van der Waals surface area contributed by atoms with Gasteiger partial charge in [0.15, 0.2) is 0 Å². The van der Waals surface area contributed by atoms with Crippen LogP contribution in [0.5, 0.6) is 5.75 Å². The maximum absolute atomic E-state index is 11.2. The summed E-state index contributed by atoms with van der Waals surface area (Å²) in [7, 11) is 3.11. The molecule has 1 rings (SSSR count). The van der Waals surface area contributed by atoms with E-state index in [2.05, 4.69) is 4.74 Å². The van der Waals surface area contributed by atoms with Crippen molar-refractivity contribution in [2.45, 2.75) is 13.3 Å². The van der Waals surface area contributed by atoms with Gasteiger partial charge in [0, 0.05) is 13.6 Å². The first-order valence-electron chi connectivity index (χ1n) is 5.68. The van der Waals surface area contributed by atoms with Gasteiger partial charge in [-0.25, -0.2) is 4.79 Å². The molecule has 1 aromatic rings. The van der Waals surface area contributed by atoms with E-state index in [0.29, 0.717) is 13.2 Å². The van der Waals surface area contributed by atoms with E-state index < -0.39 is 0 Å². The van der Waals surface area contributed by atoms with E-state index in [9.17, 15) is 4.79 Å². The van der Waals surface area contributed by atoms with Crippen LogP contribution in [0, 0.1) is 0 Å². The maximum Gasteiger partial charge on any atom is 0.409 e. The van der Waals surface area contributed by atoms with Gasteiger partial charge in [-0.3, -0.25) is 0 Å². The Morgan fingerprint density at radius 3 is 2.47 bits per heavy atom. The van der Waals surface area contributed by atoms with Crippen LogP contribution in [0.1, 0.15) is 12.5 Å². The van der Waals surface area contributed by atoms with Gasteiger partial charge in [0.25, 0.3) is 0 Å². The predicted octanol–water partition coefficient (Wildman–Crippen LogP) is 2.33. The van der Waals surface area contributed by atoms with Crippen LogP contribution < -0.4 is 4.74 Å². The number of ether oxygens (including phenoxy) is 2. The average molecular weight is 237 g/mol. The van der Waals surface area contributed by atoms with Crippen LogP contribution in [0.15, 0.2) is 24.3 Å². The van der Waals surface area contributed by atoms with Crippen LogP contribution in [0.2, 0.25) is 0 Å². The monoisotopic (exact) mass is 237 g/mol. The summed E-state index contributed by atoms with van der Waals surface area (Å²) in [5.41, 5.74) is 1.17. The van der Waals surface area contributed by atoms with Crippen molar-refractivity contribution in [1.29, 1.82) is 0 Å². The van der Waals surface area contributed by atoms with Gasteiger partial charge in [0.2, 0.25) is 0 Å². The van der Waals surface area contributed by atoms with Gasteiger partial charge in [-0.15, -0.1) is 0 Å². The highest BCUT2D eigenvalue weighted by Gasteiger charge is 2.07. The Morgan fingerprint density at radius 2 is 1.94 bits per heavy atom. The third-order valence-corrected chi connectivity index (χ3v) is 2.46. The summed E-state index contributed by atoms with van der Waals surface area (Å²) in [5, 5.41) is 0. The minimum Gasteiger partial charge on any atom is -0.494 e. The zero-order chi connectivity index (χ0) is 12.7. The fraction of sp³-hybridized carbons (Fsp3) is 0.462. The molecule has 0 saturated heterocycles. The van der Waals surface area contributed by atoms with Crippen LogP contribution in [-0.2, 0) is 11.2 Å². The zero-order valence-electron chi connectivity index (χ0n) is 10.6. The molecule has 0 atom stereocenters. The molecule has 17 heavy (non-hydrogen) atoms. The molecule has 0 radical (unpaired) electrons. The Balaban J connectivity index is 2.44. The first-order valence-corrected chi connectivity index (χ1v) is 5.68. The topological polar surface area (TPSA) is 38.8 Å². The number of nitrogens with zero attached hydrogens (tertiary/aromatic N) is 1. The van der Waals surface area contributed by atoms with Crippen LogP contribution >= 0.6 is 0 Å². The van der Waals surface area contributed by atoms with E-state index in [-0.39, 0.29) is 6.09 Å². The van der Waals surface area contributed by atoms with E-state index >= 15 is 0 Å². The van der Waals surface area contributed by atoms with Crippen molar-refractivity contribution in [3.63, 3.8) is 0 Å². The molecule has 0 unspecified atom stereocenters. The fourth-order valence-electron chi connectivity index (χ4n) is 1.46. The molecule has 1 amide bonds. The molecule has 0 aromatic heterocycles. The van der Waals surface area contributed by atoms with Crippen LogP contribution in [0.4, 0.5) is 4.79 Å². The molecular weight excluding hydrogens is 218 g/mol. The van der Waals surface area contributed by atoms with Crippen molar-refractivity contribution in [1.82, 2.24) is 4.90 Å². The van der Waals surface area contributed by atoms with Crippen molar-refractivity contribution in [3.8, 4) is 5.75 Å². The van der Waals surface area contributed by atoms with Crippen LogP contribution in [0.25, 0.3) is 0 Å². The second-order valence-corrected chi connectivity index (χ2v) is 3.72. The lowest BCUT2D eigenvalue weighted by Gasteiger charge is -2.15. The number of rotatable bonds is 5. The number of hydrogen-bond acceptors (Lipinski definition) is 3. The normalized spacial score (nSPS) is 9.82. The lowest BCUT2D eigenvalue weighted by Crippen LogP contribution is -2.28. The summed E-state index contributed by atoms with van der Waals surface area (Å²) in [6, 6.07) is 7.90. The van der Waals surface area contributed by atoms with E-state index in [1.54, 1.807) is 11.9 Å². The molecule has 0 heterocycles. The Labute approximate surface area is 102 Å².